The van der Waals surface area contributed by atoms with Crippen molar-refractivity contribution >= 4 is 6.29 Å². The Bertz CT molecular complexity index is 823. The van der Waals surface area contributed by atoms with Crippen LogP contribution in [0.5, 0.6) is 5.75 Å². The first-order chi connectivity index (χ1) is 11.7. The van der Waals surface area contributed by atoms with Gasteiger partial charge in [0.05, 0.1) is 5.56 Å². The van der Waals surface area contributed by atoms with Crippen LogP contribution in [0.25, 0.3) is 11.4 Å². The van der Waals surface area contributed by atoms with E-state index in [9.17, 15) is 4.79 Å². The first-order valence-corrected chi connectivity index (χ1v) is 7.77. The first-order valence-electron chi connectivity index (χ1n) is 7.77. The fourth-order valence-electron chi connectivity index (χ4n) is 2.30. The summed E-state index contributed by atoms with van der Waals surface area (Å²) < 4.78 is 10.8. The molecule has 0 amide bonds. The van der Waals surface area contributed by atoms with Crippen molar-refractivity contribution in [1.29, 1.82) is 0 Å². The first kappa shape index (κ1) is 15.9. The summed E-state index contributed by atoms with van der Waals surface area (Å²) in [6.07, 6.45) is 0.755. The molecule has 3 aromatic rings. The van der Waals surface area contributed by atoms with Gasteiger partial charge in [-0.1, -0.05) is 55.4 Å². The number of benzene rings is 2. The Kier molecular flexibility index (Phi) is 4.70. The van der Waals surface area contributed by atoms with Gasteiger partial charge in [-0.2, -0.15) is 4.98 Å². The predicted octanol–water partition coefficient (Wildman–Crippen LogP) is 4.25. The Hall–Kier alpha value is -2.95. The van der Waals surface area contributed by atoms with Gasteiger partial charge in [-0.25, -0.2) is 0 Å². The van der Waals surface area contributed by atoms with Gasteiger partial charge >= 0.3 is 0 Å². The zero-order valence-corrected chi connectivity index (χ0v) is 13.6. The van der Waals surface area contributed by atoms with Crippen molar-refractivity contribution in [2.24, 2.45) is 0 Å². The van der Waals surface area contributed by atoms with E-state index < -0.39 is 0 Å². The van der Waals surface area contributed by atoms with E-state index in [1.807, 2.05) is 12.1 Å². The highest BCUT2D eigenvalue weighted by molar-refractivity contribution is 5.79. The summed E-state index contributed by atoms with van der Waals surface area (Å²) in [4.78, 5) is 15.3. The summed E-state index contributed by atoms with van der Waals surface area (Å²) in [6.45, 7) is 4.41. The van der Waals surface area contributed by atoms with Crippen molar-refractivity contribution in [2.45, 2.75) is 26.4 Å². The molecule has 0 unspecified atom stereocenters. The van der Waals surface area contributed by atoms with Crippen molar-refractivity contribution in [1.82, 2.24) is 10.1 Å². The van der Waals surface area contributed by atoms with E-state index in [2.05, 4.69) is 36.1 Å². The molecule has 0 bridgehead atoms. The van der Waals surface area contributed by atoms with E-state index in [0.717, 1.165) is 11.8 Å². The maximum Gasteiger partial charge on any atom is 0.264 e. The average Bonchev–Trinajstić information content (AvgIpc) is 3.09. The van der Waals surface area contributed by atoms with Gasteiger partial charge in [0.15, 0.2) is 12.9 Å². The summed E-state index contributed by atoms with van der Waals surface area (Å²) >= 11 is 0. The molecule has 24 heavy (non-hydrogen) atoms. The van der Waals surface area contributed by atoms with Crippen molar-refractivity contribution < 1.29 is 14.1 Å². The number of ether oxygens (including phenoxy) is 1. The molecule has 2 aromatic carbocycles. The number of aromatic nitrogens is 2. The number of aldehydes is 1. The SMILES string of the molecule is CC(C)c1ccc(-c2noc(COc3ccccc3C=O)n2)cc1. The molecule has 1 heterocycles. The van der Waals surface area contributed by atoms with E-state index in [-0.39, 0.29) is 6.61 Å². The lowest BCUT2D eigenvalue weighted by Gasteiger charge is -2.05. The predicted molar refractivity (Wildman–Crippen MR) is 90.0 cm³/mol. The van der Waals surface area contributed by atoms with Crippen LogP contribution in [0.2, 0.25) is 0 Å². The third-order valence-electron chi connectivity index (χ3n) is 3.70. The molecular formula is C19H18N2O3. The van der Waals surface area contributed by atoms with E-state index in [1.54, 1.807) is 24.3 Å². The monoisotopic (exact) mass is 322 g/mol. The van der Waals surface area contributed by atoms with Crippen LogP contribution in [0.4, 0.5) is 0 Å². The molecule has 0 spiro atoms. The molecule has 5 heteroatoms. The minimum atomic E-state index is 0.113. The van der Waals surface area contributed by atoms with Crippen LogP contribution in [-0.2, 0) is 6.61 Å². The summed E-state index contributed by atoms with van der Waals surface area (Å²) in [5.41, 5.74) is 2.64. The van der Waals surface area contributed by atoms with Crippen molar-refractivity contribution in [3.63, 3.8) is 0 Å². The molecule has 0 aliphatic heterocycles. The molecule has 3 rings (SSSR count). The second kappa shape index (κ2) is 7.08. The largest absolute Gasteiger partial charge is 0.483 e. The van der Waals surface area contributed by atoms with Gasteiger partial charge in [-0.15, -0.1) is 0 Å². The van der Waals surface area contributed by atoms with Crippen molar-refractivity contribution in [3.8, 4) is 17.1 Å². The summed E-state index contributed by atoms with van der Waals surface area (Å²) in [7, 11) is 0. The fraction of sp³-hybridized carbons (Fsp3) is 0.211. The Labute approximate surface area is 140 Å². The lowest BCUT2D eigenvalue weighted by atomic mass is 10.0. The van der Waals surface area contributed by atoms with Crippen LogP contribution in [0.3, 0.4) is 0 Å². The molecule has 0 fully saturated rings. The Balaban J connectivity index is 1.70. The number of para-hydroxylation sites is 1. The second-order valence-electron chi connectivity index (χ2n) is 5.73. The quantitative estimate of drug-likeness (QED) is 0.635. The minimum absolute atomic E-state index is 0.113. The maximum absolute atomic E-state index is 11.0. The van der Waals surface area contributed by atoms with Gasteiger partial charge in [0.25, 0.3) is 5.89 Å². The molecular weight excluding hydrogens is 304 g/mol. The van der Waals surface area contributed by atoms with Crippen LogP contribution >= 0.6 is 0 Å². The smallest absolute Gasteiger partial charge is 0.264 e. The highest BCUT2D eigenvalue weighted by atomic mass is 16.5. The van der Waals surface area contributed by atoms with Crippen LogP contribution in [-0.4, -0.2) is 16.4 Å². The normalized spacial score (nSPS) is 10.8. The summed E-state index contributed by atoms with van der Waals surface area (Å²) in [6, 6.07) is 15.1. The maximum atomic E-state index is 11.0. The lowest BCUT2D eigenvalue weighted by molar-refractivity contribution is 0.111. The van der Waals surface area contributed by atoms with Crippen LogP contribution in [0.15, 0.2) is 53.1 Å². The number of rotatable bonds is 6. The second-order valence-corrected chi connectivity index (χ2v) is 5.73. The molecule has 0 atom stereocenters. The third-order valence-corrected chi connectivity index (χ3v) is 3.70. The number of carbonyl (C=O) groups excluding carboxylic acids is 1. The highest BCUT2D eigenvalue weighted by Crippen LogP contribution is 2.21. The van der Waals surface area contributed by atoms with Crippen LogP contribution < -0.4 is 4.74 Å². The number of hydrogen-bond donors (Lipinski definition) is 0. The Morgan fingerprint density at radius 2 is 1.88 bits per heavy atom. The molecule has 0 N–H and O–H groups in total. The average molecular weight is 322 g/mol. The van der Waals surface area contributed by atoms with Crippen molar-refractivity contribution in [3.05, 3.63) is 65.5 Å². The minimum Gasteiger partial charge on any atom is -0.483 e. The Morgan fingerprint density at radius 3 is 2.58 bits per heavy atom. The molecule has 0 radical (unpaired) electrons. The van der Waals surface area contributed by atoms with Crippen LogP contribution in [0, 0.1) is 0 Å². The Morgan fingerprint density at radius 1 is 1.12 bits per heavy atom. The summed E-state index contributed by atoms with van der Waals surface area (Å²) in [5, 5.41) is 3.98. The third kappa shape index (κ3) is 3.51. The van der Waals surface area contributed by atoms with E-state index in [4.69, 9.17) is 9.26 Å². The highest BCUT2D eigenvalue weighted by Gasteiger charge is 2.11. The van der Waals surface area contributed by atoms with Gasteiger partial charge in [0.2, 0.25) is 5.82 Å². The van der Waals surface area contributed by atoms with Gasteiger partial charge in [-0.3, -0.25) is 4.79 Å². The topological polar surface area (TPSA) is 65.2 Å². The molecule has 0 saturated carbocycles. The van der Waals surface area contributed by atoms with Gasteiger partial charge in [-0.05, 0) is 23.6 Å². The number of nitrogens with zero attached hydrogens (tertiary/aromatic N) is 2. The van der Waals surface area contributed by atoms with Gasteiger partial charge < -0.3 is 9.26 Å². The number of carbonyl (C=O) groups is 1. The zero-order chi connectivity index (χ0) is 16.9. The standard InChI is InChI=1S/C19H18N2O3/c1-13(2)14-7-9-15(10-8-14)19-20-18(24-21-19)12-23-17-6-4-3-5-16(17)11-22/h3-11,13H,12H2,1-2H3. The molecule has 1 aromatic heterocycles. The van der Waals surface area contributed by atoms with E-state index >= 15 is 0 Å². The lowest BCUT2D eigenvalue weighted by Crippen LogP contribution is -1.98. The fourth-order valence-corrected chi connectivity index (χ4v) is 2.30. The van der Waals surface area contributed by atoms with Gasteiger partial charge in [0.1, 0.15) is 5.75 Å². The zero-order valence-electron chi connectivity index (χ0n) is 13.6. The molecule has 0 aliphatic carbocycles. The number of hydrogen-bond acceptors (Lipinski definition) is 5. The summed E-state index contributed by atoms with van der Waals surface area (Å²) in [5.74, 6) is 1.85. The molecule has 0 aliphatic rings. The van der Waals surface area contributed by atoms with Crippen LogP contribution in [0.1, 0.15) is 41.6 Å². The molecule has 122 valence electrons. The molecule has 5 nitrogen and oxygen atoms in total. The van der Waals surface area contributed by atoms with E-state index in [1.165, 1.54) is 5.56 Å². The van der Waals surface area contributed by atoms with Crippen molar-refractivity contribution in [2.75, 3.05) is 0 Å². The van der Waals surface area contributed by atoms with Gasteiger partial charge in [0, 0.05) is 5.56 Å². The molecule has 0 saturated heterocycles. The van der Waals surface area contributed by atoms with E-state index in [0.29, 0.717) is 28.9 Å².